The Morgan fingerprint density at radius 2 is 2.47 bits per heavy atom. The highest BCUT2D eigenvalue weighted by Gasteiger charge is 2.23. The zero-order chi connectivity index (χ0) is 12.3. The molecular formula is C11H13NO5. The van der Waals surface area contributed by atoms with E-state index in [1.807, 2.05) is 0 Å². The van der Waals surface area contributed by atoms with Crippen molar-refractivity contribution in [2.75, 3.05) is 18.9 Å². The molecule has 1 atom stereocenters. The molecule has 0 aromatic heterocycles. The molecule has 17 heavy (non-hydrogen) atoms. The monoisotopic (exact) mass is 239 g/mol. The van der Waals surface area contributed by atoms with Gasteiger partial charge in [-0.25, -0.2) is 9.68 Å². The topological polar surface area (TPSA) is 68.2 Å². The average molecular weight is 239 g/mol. The molecule has 0 radical (unpaired) electrons. The van der Waals surface area contributed by atoms with Crippen LogP contribution in [0.25, 0.3) is 0 Å². The van der Waals surface area contributed by atoms with Crippen molar-refractivity contribution in [3.63, 3.8) is 0 Å². The molecule has 0 aliphatic carbocycles. The lowest BCUT2D eigenvalue weighted by molar-refractivity contribution is -0.139. The van der Waals surface area contributed by atoms with Crippen LogP contribution in [0.2, 0.25) is 0 Å². The van der Waals surface area contributed by atoms with Gasteiger partial charge in [0.1, 0.15) is 6.61 Å². The maximum atomic E-state index is 11.1. The summed E-state index contributed by atoms with van der Waals surface area (Å²) in [7, 11) is 1.34. The van der Waals surface area contributed by atoms with Gasteiger partial charge in [0.15, 0.2) is 0 Å². The average Bonchev–Trinajstić information content (AvgIpc) is 2.76. The van der Waals surface area contributed by atoms with Gasteiger partial charge < -0.3 is 9.84 Å². The minimum Gasteiger partial charge on any atom is -0.469 e. The van der Waals surface area contributed by atoms with Gasteiger partial charge >= 0.3 is 5.97 Å². The Bertz CT molecular complexity index is 409. The lowest BCUT2D eigenvalue weighted by atomic mass is 10.1. The number of aliphatic hydroxyl groups is 1. The maximum absolute atomic E-state index is 11.1. The van der Waals surface area contributed by atoms with Crippen molar-refractivity contribution in [3.8, 4) is 0 Å². The summed E-state index contributed by atoms with van der Waals surface area (Å²) in [6, 6.07) is 7.05. The van der Waals surface area contributed by atoms with Gasteiger partial charge in [-0.05, 0) is 17.7 Å². The van der Waals surface area contributed by atoms with Crippen molar-refractivity contribution in [3.05, 3.63) is 29.8 Å². The van der Waals surface area contributed by atoms with E-state index >= 15 is 0 Å². The molecule has 1 aromatic carbocycles. The summed E-state index contributed by atoms with van der Waals surface area (Å²) in [6.45, 7) is 0.0846. The van der Waals surface area contributed by atoms with Crippen LogP contribution in [0.5, 0.6) is 0 Å². The SMILES string of the molecule is COC(=O)Cc1cccc(N2OC[C@@H](O)O2)c1. The molecule has 1 heterocycles. The summed E-state index contributed by atoms with van der Waals surface area (Å²) in [6.07, 6.45) is -0.778. The van der Waals surface area contributed by atoms with E-state index in [4.69, 9.17) is 14.8 Å². The fourth-order valence-corrected chi connectivity index (χ4v) is 1.46. The standard InChI is InChI=1S/C11H13NO5/c1-15-10(13)6-8-3-2-4-9(5-8)12-16-7-11(14)17-12/h2-5,11,14H,6-7H2,1H3/t11-/m0/s1. The molecule has 1 saturated heterocycles. The summed E-state index contributed by atoms with van der Waals surface area (Å²) in [5.74, 6) is -0.314. The Hall–Kier alpha value is -1.63. The number of benzene rings is 1. The van der Waals surface area contributed by atoms with Crippen molar-refractivity contribution in [1.82, 2.24) is 0 Å². The molecule has 6 nitrogen and oxygen atoms in total. The zero-order valence-corrected chi connectivity index (χ0v) is 9.33. The first-order chi connectivity index (χ1) is 8.19. The number of hydrogen-bond donors (Lipinski definition) is 1. The number of carbonyl (C=O) groups excluding carboxylic acids is 1. The molecule has 1 aromatic rings. The zero-order valence-electron chi connectivity index (χ0n) is 9.33. The van der Waals surface area contributed by atoms with E-state index in [1.165, 1.54) is 7.11 Å². The van der Waals surface area contributed by atoms with Crippen LogP contribution in [0.1, 0.15) is 5.56 Å². The van der Waals surface area contributed by atoms with Gasteiger partial charge in [-0.2, -0.15) is 0 Å². The Morgan fingerprint density at radius 1 is 1.65 bits per heavy atom. The molecule has 0 bridgehead atoms. The quantitative estimate of drug-likeness (QED) is 0.770. The van der Waals surface area contributed by atoms with Crippen LogP contribution in [-0.4, -0.2) is 31.1 Å². The molecule has 1 aliphatic rings. The van der Waals surface area contributed by atoms with Gasteiger partial charge in [-0.1, -0.05) is 12.1 Å². The number of nitrogens with zero attached hydrogens (tertiary/aromatic N) is 1. The molecule has 92 valence electrons. The number of ether oxygens (including phenoxy) is 1. The van der Waals surface area contributed by atoms with E-state index in [2.05, 4.69) is 4.74 Å². The second-order valence-electron chi connectivity index (χ2n) is 3.54. The largest absolute Gasteiger partial charge is 0.469 e. The first-order valence-electron chi connectivity index (χ1n) is 5.12. The van der Waals surface area contributed by atoms with Crippen molar-refractivity contribution >= 4 is 11.7 Å². The minimum absolute atomic E-state index is 0.0846. The van der Waals surface area contributed by atoms with Gasteiger partial charge in [0.25, 0.3) is 0 Å². The molecule has 0 amide bonds. The predicted octanol–water partition coefficient (Wildman–Crippen LogP) is 0.404. The summed E-state index contributed by atoms with van der Waals surface area (Å²) in [5.41, 5.74) is 1.39. The van der Waals surface area contributed by atoms with Crippen LogP contribution >= 0.6 is 0 Å². The number of esters is 1. The van der Waals surface area contributed by atoms with Crippen LogP contribution < -0.4 is 5.23 Å². The highest BCUT2D eigenvalue weighted by atomic mass is 17.0. The molecule has 0 saturated carbocycles. The number of methoxy groups -OCH3 is 1. The second-order valence-corrected chi connectivity index (χ2v) is 3.54. The minimum atomic E-state index is -0.959. The lowest BCUT2D eigenvalue weighted by Gasteiger charge is -2.14. The summed E-state index contributed by atoms with van der Waals surface area (Å²) in [4.78, 5) is 21.2. The van der Waals surface area contributed by atoms with Crippen molar-refractivity contribution in [2.24, 2.45) is 0 Å². The Balaban J connectivity index is 2.08. The van der Waals surface area contributed by atoms with Gasteiger partial charge in [-0.3, -0.25) is 4.79 Å². The molecule has 0 spiro atoms. The number of hydrogen-bond acceptors (Lipinski definition) is 6. The van der Waals surface area contributed by atoms with Gasteiger partial charge in [-0.15, -0.1) is 5.23 Å². The normalized spacial score (nSPS) is 19.4. The van der Waals surface area contributed by atoms with E-state index in [1.54, 1.807) is 24.3 Å². The van der Waals surface area contributed by atoms with Crippen LogP contribution in [-0.2, 0) is 25.6 Å². The highest BCUT2D eigenvalue weighted by molar-refractivity contribution is 5.72. The van der Waals surface area contributed by atoms with Crippen molar-refractivity contribution in [2.45, 2.75) is 12.7 Å². The smallest absolute Gasteiger partial charge is 0.309 e. The number of aliphatic hydroxyl groups excluding tert-OH is 1. The Morgan fingerprint density at radius 3 is 3.12 bits per heavy atom. The van der Waals surface area contributed by atoms with E-state index < -0.39 is 6.29 Å². The molecule has 1 aliphatic heterocycles. The first kappa shape index (κ1) is 11.8. The molecule has 1 fully saturated rings. The highest BCUT2D eigenvalue weighted by Crippen LogP contribution is 2.21. The molecule has 2 rings (SSSR count). The number of anilines is 1. The van der Waals surface area contributed by atoms with E-state index in [-0.39, 0.29) is 19.0 Å². The number of carbonyl (C=O) groups is 1. The van der Waals surface area contributed by atoms with Crippen LogP contribution in [0.4, 0.5) is 5.69 Å². The molecule has 1 N–H and O–H groups in total. The predicted molar refractivity (Wildman–Crippen MR) is 57.7 cm³/mol. The third-order valence-corrected chi connectivity index (χ3v) is 2.25. The van der Waals surface area contributed by atoms with E-state index in [9.17, 15) is 4.79 Å². The third-order valence-electron chi connectivity index (χ3n) is 2.25. The lowest BCUT2D eigenvalue weighted by Crippen LogP contribution is -2.17. The molecule has 6 heteroatoms. The van der Waals surface area contributed by atoms with Gasteiger partial charge in [0, 0.05) is 0 Å². The Labute approximate surface area is 98.2 Å². The molecular weight excluding hydrogens is 226 g/mol. The summed E-state index contributed by atoms with van der Waals surface area (Å²) < 4.78 is 4.58. The first-order valence-corrected chi connectivity index (χ1v) is 5.12. The van der Waals surface area contributed by atoms with Gasteiger partial charge in [0.2, 0.25) is 6.29 Å². The summed E-state index contributed by atoms with van der Waals surface area (Å²) >= 11 is 0. The second kappa shape index (κ2) is 5.13. The van der Waals surface area contributed by atoms with E-state index in [0.717, 1.165) is 10.8 Å². The molecule has 0 unspecified atom stereocenters. The third kappa shape index (κ3) is 2.94. The van der Waals surface area contributed by atoms with Crippen LogP contribution in [0, 0.1) is 0 Å². The van der Waals surface area contributed by atoms with Crippen molar-refractivity contribution in [1.29, 1.82) is 0 Å². The Kier molecular flexibility index (Phi) is 3.58. The van der Waals surface area contributed by atoms with E-state index in [0.29, 0.717) is 5.69 Å². The fourth-order valence-electron chi connectivity index (χ4n) is 1.46. The van der Waals surface area contributed by atoms with Gasteiger partial charge in [0.05, 0.1) is 19.2 Å². The fraction of sp³-hybridized carbons (Fsp3) is 0.364. The maximum Gasteiger partial charge on any atom is 0.309 e. The van der Waals surface area contributed by atoms with Crippen LogP contribution in [0.15, 0.2) is 24.3 Å². The summed E-state index contributed by atoms with van der Waals surface area (Å²) in [5, 5.41) is 10.3. The van der Waals surface area contributed by atoms with Crippen LogP contribution in [0.3, 0.4) is 0 Å². The number of rotatable bonds is 3. The van der Waals surface area contributed by atoms with Crippen molar-refractivity contribution < 1.29 is 24.3 Å².